The Morgan fingerprint density at radius 3 is 2.69 bits per heavy atom. The van der Waals surface area contributed by atoms with Gasteiger partial charge in [0.15, 0.2) is 0 Å². The molecule has 0 bridgehead atoms. The van der Waals surface area contributed by atoms with Gasteiger partial charge in [0.05, 0.1) is 18.9 Å². The van der Waals surface area contributed by atoms with Crippen LogP contribution in [0.4, 0.5) is 10.1 Å². The monoisotopic (exact) mass is 435 g/mol. The molecule has 0 radical (unpaired) electrons. The molecule has 1 aliphatic heterocycles. The van der Waals surface area contributed by atoms with E-state index in [1.165, 1.54) is 17.0 Å². The SMILES string of the molecule is C#Cc1cccc(NC(=O)CN(C)C(=O)C2CCCN(C(=O)Cc3ccc(F)cc3)C2)c1. The number of piperidine rings is 1. The van der Waals surface area contributed by atoms with Gasteiger partial charge in [0.25, 0.3) is 0 Å². The first-order valence-electron chi connectivity index (χ1n) is 10.5. The van der Waals surface area contributed by atoms with Gasteiger partial charge in [0, 0.05) is 31.4 Å². The molecule has 1 N–H and O–H groups in total. The Labute approximate surface area is 187 Å². The molecule has 3 rings (SSSR count). The molecule has 166 valence electrons. The van der Waals surface area contributed by atoms with Gasteiger partial charge in [-0.25, -0.2) is 4.39 Å². The van der Waals surface area contributed by atoms with Crippen LogP contribution in [-0.4, -0.2) is 54.2 Å². The topological polar surface area (TPSA) is 69.7 Å². The van der Waals surface area contributed by atoms with Crippen LogP contribution in [0.1, 0.15) is 24.0 Å². The fourth-order valence-electron chi connectivity index (χ4n) is 3.79. The molecular formula is C25H26FN3O3. The molecule has 1 fully saturated rings. The minimum atomic E-state index is -0.358. The number of carbonyl (C=O) groups excluding carboxylic acids is 3. The van der Waals surface area contributed by atoms with E-state index in [9.17, 15) is 18.8 Å². The Morgan fingerprint density at radius 2 is 1.97 bits per heavy atom. The second-order valence-electron chi connectivity index (χ2n) is 7.95. The fraction of sp³-hybridized carbons (Fsp3) is 0.320. The lowest BCUT2D eigenvalue weighted by molar-refractivity contribution is -0.141. The largest absolute Gasteiger partial charge is 0.342 e. The predicted molar refractivity (Wildman–Crippen MR) is 120 cm³/mol. The number of rotatable bonds is 6. The van der Waals surface area contributed by atoms with Crippen LogP contribution in [0.25, 0.3) is 0 Å². The number of hydrogen-bond donors (Lipinski definition) is 1. The first-order valence-corrected chi connectivity index (χ1v) is 10.5. The Morgan fingerprint density at radius 1 is 1.22 bits per heavy atom. The molecule has 1 unspecified atom stereocenters. The molecule has 32 heavy (non-hydrogen) atoms. The number of likely N-dealkylation sites (N-methyl/N-ethyl adjacent to an activating group) is 1. The number of likely N-dealkylation sites (tertiary alicyclic amines) is 1. The molecule has 0 aliphatic carbocycles. The zero-order chi connectivity index (χ0) is 23.1. The van der Waals surface area contributed by atoms with E-state index >= 15 is 0 Å². The first-order chi connectivity index (χ1) is 15.4. The summed E-state index contributed by atoms with van der Waals surface area (Å²) in [5.74, 6) is 1.22. The zero-order valence-corrected chi connectivity index (χ0v) is 18.0. The molecule has 1 saturated heterocycles. The molecule has 1 heterocycles. The van der Waals surface area contributed by atoms with Crippen LogP contribution in [0.3, 0.4) is 0 Å². The molecule has 6 nitrogen and oxygen atoms in total. The number of amides is 3. The van der Waals surface area contributed by atoms with Crippen LogP contribution in [0.5, 0.6) is 0 Å². The highest BCUT2D eigenvalue weighted by molar-refractivity contribution is 5.95. The molecule has 1 aliphatic rings. The summed E-state index contributed by atoms with van der Waals surface area (Å²) in [6, 6.07) is 12.8. The van der Waals surface area contributed by atoms with Gasteiger partial charge in [-0.05, 0) is 48.7 Å². The highest BCUT2D eigenvalue weighted by Crippen LogP contribution is 2.20. The van der Waals surface area contributed by atoms with E-state index in [1.807, 2.05) is 0 Å². The minimum absolute atomic E-state index is 0.0945. The van der Waals surface area contributed by atoms with Crippen LogP contribution < -0.4 is 5.32 Å². The molecule has 2 aromatic carbocycles. The maximum atomic E-state index is 13.1. The number of halogens is 1. The number of terminal acetylenes is 1. The number of hydrogen-bond acceptors (Lipinski definition) is 3. The third kappa shape index (κ3) is 6.17. The third-order valence-corrected chi connectivity index (χ3v) is 5.46. The van der Waals surface area contributed by atoms with Gasteiger partial charge in [-0.2, -0.15) is 0 Å². The van der Waals surface area contributed by atoms with Crippen molar-refractivity contribution in [3.05, 3.63) is 65.5 Å². The van der Waals surface area contributed by atoms with E-state index in [1.54, 1.807) is 48.3 Å². The highest BCUT2D eigenvalue weighted by Gasteiger charge is 2.30. The van der Waals surface area contributed by atoms with Crippen molar-refractivity contribution in [2.45, 2.75) is 19.3 Å². The average molecular weight is 435 g/mol. The van der Waals surface area contributed by atoms with E-state index < -0.39 is 0 Å². The van der Waals surface area contributed by atoms with Crippen molar-refractivity contribution in [1.29, 1.82) is 0 Å². The summed E-state index contributed by atoms with van der Waals surface area (Å²) < 4.78 is 13.1. The second kappa shape index (κ2) is 10.6. The molecule has 3 amide bonds. The number of benzene rings is 2. The van der Waals surface area contributed by atoms with Crippen LogP contribution in [0.15, 0.2) is 48.5 Å². The summed E-state index contributed by atoms with van der Waals surface area (Å²) in [4.78, 5) is 41.0. The van der Waals surface area contributed by atoms with Crippen LogP contribution in [0, 0.1) is 24.1 Å². The zero-order valence-electron chi connectivity index (χ0n) is 18.0. The fourth-order valence-corrected chi connectivity index (χ4v) is 3.79. The summed E-state index contributed by atoms with van der Waals surface area (Å²) in [6.45, 7) is 0.799. The van der Waals surface area contributed by atoms with Crippen LogP contribution >= 0.6 is 0 Å². The standard InChI is InChI=1S/C25H26FN3O3/c1-3-18-6-4-8-22(14-18)27-23(30)17-28(2)25(32)20-7-5-13-29(16-20)24(31)15-19-9-11-21(26)12-10-19/h1,4,6,8-12,14,20H,5,7,13,15-17H2,2H3,(H,27,30). The van der Waals surface area contributed by atoms with Crippen molar-refractivity contribution >= 4 is 23.4 Å². The van der Waals surface area contributed by atoms with Gasteiger partial charge in [0.1, 0.15) is 5.82 Å². The van der Waals surface area contributed by atoms with Gasteiger partial charge in [0.2, 0.25) is 17.7 Å². The van der Waals surface area contributed by atoms with E-state index in [0.29, 0.717) is 37.2 Å². The van der Waals surface area contributed by atoms with E-state index in [-0.39, 0.29) is 42.4 Å². The summed E-state index contributed by atoms with van der Waals surface area (Å²) >= 11 is 0. The van der Waals surface area contributed by atoms with Crippen LogP contribution in [0.2, 0.25) is 0 Å². The van der Waals surface area contributed by atoms with Gasteiger partial charge in [-0.1, -0.05) is 24.1 Å². The maximum absolute atomic E-state index is 13.1. The smallest absolute Gasteiger partial charge is 0.243 e. The van der Waals surface area contributed by atoms with Gasteiger partial charge < -0.3 is 15.1 Å². The molecule has 0 saturated carbocycles. The summed E-state index contributed by atoms with van der Waals surface area (Å²) in [5, 5.41) is 2.74. The van der Waals surface area contributed by atoms with E-state index in [2.05, 4.69) is 11.2 Å². The van der Waals surface area contributed by atoms with Crippen molar-refractivity contribution in [3.8, 4) is 12.3 Å². The lowest BCUT2D eigenvalue weighted by Gasteiger charge is -2.34. The third-order valence-electron chi connectivity index (χ3n) is 5.46. The Hall–Kier alpha value is -3.66. The van der Waals surface area contributed by atoms with Gasteiger partial charge in [-0.3, -0.25) is 14.4 Å². The van der Waals surface area contributed by atoms with E-state index in [0.717, 1.165) is 5.56 Å². The molecule has 7 heteroatoms. The lowest BCUT2D eigenvalue weighted by Crippen LogP contribution is -2.47. The lowest BCUT2D eigenvalue weighted by atomic mass is 9.96. The minimum Gasteiger partial charge on any atom is -0.342 e. The van der Waals surface area contributed by atoms with Crippen LogP contribution in [-0.2, 0) is 20.8 Å². The number of anilines is 1. The number of nitrogens with zero attached hydrogens (tertiary/aromatic N) is 2. The normalized spacial score (nSPS) is 15.5. The first kappa shape index (κ1) is 23.0. The van der Waals surface area contributed by atoms with Crippen molar-refractivity contribution in [2.24, 2.45) is 5.92 Å². The molecule has 0 aromatic heterocycles. The Bertz CT molecular complexity index is 1030. The molecule has 0 spiro atoms. The van der Waals surface area contributed by atoms with Crippen molar-refractivity contribution in [3.63, 3.8) is 0 Å². The summed E-state index contributed by atoms with van der Waals surface area (Å²) in [6.07, 6.45) is 6.91. The van der Waals surface area contributed by atoms with Gasteiger partial charge in [-0.15, -0.1) is 6.42 Å². The summed E-state index contributed by atoms with van der Waals surface area (Å²) in [5.41, 5.74) is 1.95. The second-order valence-corrected chi connectivity index (χ2v) is 7.95. The highest BCUT2D eigenvalue weighted by atomic mass is 19.1. The van der Waals surface area contributed by atoms with Crippen molar-refractivity contribution < 1.29 is 18.8 Å². The Kier molecular flexibility index (Phi) is 7.61. The quantitative estimate of drug-likeness (QED) is 0.710. The average Bonchev–Trinajstić information content (AvgIpc) is 2.80. The van der Waals surface area contributed by atoms with Gasteiger partial charge >= 0.3 is 0 Å². The van der Waals surface area contributed by atoms with Crippen molar-refractivity contribution in [2.75, 3.05) is 32.0 Å². The van der Waals surface area contributed by atoms with Crippen molar-refractivity contribution in [1.82, 2.24) is 9.80 Å². The maximum Gasteiger partial charge on any atom is 0.243 e. The molecular weight excluding hydrogens is 409 g/mol. The number of carbonyl (C=O) groups is 3. The summed E-state index contributed by atoms with van der Waals surface area (Å²) in [7, 11) is 1.58. The molecule has 2 aromatic rings. The van der Waals surface area contributed by atoms with E-state index in [4.69, 9.17) is 6.42 Å². The predicted octanol–water partition coefficient (Wildman–Crippen LogP) is 2.69. The molecule has 1 atom stereocenters. The Balaban J connectivity index is 1.53. The number of nitrogens with one attached hydrogen (secondary N) is 1.